The van der Waals surface area contributed by atoms with Crippen molar-refractivity contribution in [3.63, 3.8) is 0 Å². The first-order chi connectivity index (χ1) is 14.3. The van der Waals surface area contributed by atoms with Crippen molar-refractivity contribution < 1.29 is 18.9 Å². The number of hydrogen-bond donors (Lipinski definition) is 1. The van der Waals surface area contributed by atoms with E-state index < -0.39 is 0 Å². The lowest BCUT2D eigenvalue weighted by molar-refractivity contribution is 0.0483. The Morgan fingerprint density at radius 3 is 2.37 bits per heavy atom. The van der Waals surface area contributed by atoms with Crippen LogP contribution in [0.5, 0.6) is 17.2 Å². The predicted molar refractivity (Wildman–Crippen MR) is 126 cm³/mol. The summed E-state index contributed by atoms with van der Waals surface area (Å²) in [6.07, 6.45) is 0.971. The third-order valence-electron chi connectivity index (χ3n) is 4.77. The molecule has 0 aromatic heterocycles. The Labute approximate surface area is 183 Å². The van der Waals surface area contributed by atoms with Gasteiger partial charge >= 0.3 is 0 Å². The topological polar surface area (TPSA) is 49.0 Å². The molecule has 0 spiro atoms. The van der Waals surface area contributed by atoms with E-state index in [2.05, 4.69) is 63.3 Å². The number of rotatable bonds is 11. The predicted octanol–water partition coefficient (Wildman–Crippen LogP) is 5.03. The van der Waals surface area contributed by atoms with Crippen LogP contribution in [0.15, 0.2) is 36.4 Å². The van der Waals surface area contributed by atoms with Crippen molar-refractivity contribution in [1.29, 1.82) is 0 Å². The molecular formula is C24H36NO4P. The van der Waals surface area contributed by atoms with Crippen LogP contribution in [0.2, 0.25) is 0 Å². The standard InChI is InChI=1S/C24H36NO4P/c1-8-21(30-22-12-10-9-11-17(22)15-25-24(2,3)4)19-13-18(27-6)14-20(28-7)23(19)29-16-26-5/h9-14,21,25,30H,8,15-16H2,1-7H3. The van der Waals surface area contributed by atoms with Crippen LogP contribution in [0.1, 0.15) is 50.9 Å². The molecule has 0 saturated carbocycles. The van der Waals surface area contributed by atoms with Crippen LogP contribution in [0, 0.1) is 0 Å². The van der Waals surface area contributed by atoms with Gasteiger partial charge in [-0.05, 0) is 44.1 Å². The van der Waals surface area contributed by atoms with Gasteiger partial charge in [-0.3, -0.25) is 0 Å². The van der Waals surface area contributed by atoms with Crippen molar-refractivity contribution in [3.05, 3.63) is 47.5 Å². The Kier molecular flexibility index (Phi) is 9.41. The number of ether oxygens (including phenoxy) is 4. The normalized spacial score (nSPS) is 12.9. The highest BCUT2D eigenvalue weighted by molar-refractivity contribution is 7.47. The molecule has 2 rings (SSSR count). The number of methoxy groups -OCH3 is 3. The van der Waals surface area contributed by atoms with E-state index in [0.29, 0.717) is 14.3 Å². The van der Waals surface area contributed by atoms with Crippen molar-refractivity contribution in [2.24, 2.45) is 0 Å². The summed E-state index contributed by atoms with van der Waals surface area (Å²) in [6.45, 7) is 9.79. The number of nitrogens with one attached hydrogen (secondary N) is 1. The first-order valence-corrected chi connectivity index (χ1v) is 11.4. The summed E-state index contributed by atoms with van der Waals surface area (Å²) in [4.78, 5) is 0. The maximum atomic E-state index is 5.94. The van der Waals surface area contributed by atoms with Crippen LogP contribution < -0.4 is 24.8 Å². The molecule has 0 heterocycles. The first-order valence-electron chi connectivity index (χ1n) is 10.3. The SMILES string of the molecule is CCC(Pc1ccccc1CNC(C)(C)C)c1cc(OC)cc(OC)c1OCOC. The van der Waals surface area contributed by atoms with Gasteiger partial charge in [-0.1, -0.05) is 39.8 Å². The Hall–Kier alpha value is -1.81. The molecule has 1 N–H and O–H groups in total. The van der Waals surface area contributed by atoms with E-state index >= 15 is 0 Å². The molecule has 0 fully saturated rings. The molecule has 0 bridgehead atoms. The Morgan fingerprint density at radius 2 is 1.77 bits per heavy atom. The average molecular weight is 434 g/mol. The fourth-order valence-electron chi connectivity index (χ4n) is 3.16. The lowest BCUT2D eigenvalue weighted by Crippen LogP contribution is -2.36. The number of benzene rings is 2. The molecule has 5 nitrogen and oxygen atoms in total. The minimum absolute atomic E-state index is 0.0711. The summed E-state index contributed by atoms with van der Waals surface area (Å²) in [5.74, 6) is 2.15. The van der Waals surface area contributed by atoms with Gasteiger partial charge in [0.1, 0.15) is 5.75 Å². The van der Waals surface area contributed by atoms with Gasteiger partial charge in [0.2, 0.25) is 0 Å². The molecule has 2 aromatic rings. The zero-order chi connectivity index (χ0) is 22.1. The summed E-state index contributed by atoms with van der Waals surface area (Å²) in [7, 11) is 5.53. The summed E-state index contributed by atoms with van der Waals surface area (Å²) >= 11 is 0. The first kappa shape index (κ1) is 24.5. The third kappa shape index (κ3) is 6.87. The van der Waals surface area contributed by atoms with Crippen molar-refractivity contribution in [2.45, 2.75) is 51.9 Å². The smallest absolute Gasteiger partial charge is 0.188 e. The average Bonchev–Trinajstić information content (AvgIpc) is 2.74. The minimum Gasteiger partial charge on any atom is -0.497 e. The molecule has 2 atom stereocenters. The maximum absolute atomic E-state index is 5.94. The molecule has 0 radical (unpaired) electrons. The van der Waals surface area contributed by atoms with Gasteiger partial charge in [0.15, 0.2) is 18.3 Å². The van der Waals surface area contributed by atoms with E-state index in [1.165, 1.54) is 10.9 Å². The molecule has 0 aliphatic rings. The second kappa shape index (κ2) is 11.5. The van der Waals surface area contributed by atoms with E-state index in [4.69, 9.17) is 18.9 Å². The van der Waals surface area contributed by atoms with Gasteiger partial charge < -0.3 is 24.3 Å². The summed E-state index contributed by atoms with van der Waals surface area (Å²) in [5, 5.41) is 4.97. The van der Waals surface area contributed by atoms with Gasteiger partial charge in [-0.2, -0.15) is 0 Å². The van der Waals surface area contributed by atoms with E-state index in [-0.39, 0.29) is 18.0 Å². The quantitative estimate of drug-likeness (QED) is 0.398. The molecule has 30 heavy (non-hydrogen) atoms. The highest BCUT2D eigenvalue weighted by atomic mass is 31.1. The Bertz CT molecular complexity index is 804. The van der Waals surface area contributed by atoms with Crippen molar-refractivity contribution >= 4 is 13.9 Å². The van der Waals surface area contributed by atoms with Crippen LogP contribution in [-0.4, -0.2) is 33.7 Å². The van der Waals surface area contributed by atoms with Crippen molar-refractivity contribution in [1.82, 2.24) is 5.32 Å². The summed E-state index contributed by atoms with van der Waals surface area (Å²) in [6, 6.07) is 12.6. The summed E-state index contributed by atoms with van der Waals surface area (Å²) < 4.78 is 22.2. The van der Waals surface area contributed by atoms with Crippen molar-refractivity contribution in [3.8, 4) is 17.2 Å². The Morgan fingerprint density at radius 1 is 1.03 bits per heavy atom. The van der Waals surface area contributed by atoms with Crippen LogP contribution in [0.3, 0.4) is 0 Å². The monoisotopic (exact) mass is 433 g/mol. The van der Waals surface area contributed by atoms with Crippen molar-refractivity contribution in [2.75, 3.05) is 28.1 Å². The molecule has 2 aromatic carbocycles. The lowest BCUT2D eigenvalue weighted by Gasteiger charge is -2.25. The van der Waals surface area contributed by atoms with Gasteiger partial charge in [-0.25, -0.2) is 0 Å². The van der Waals surface area contributed by atoms with Gasteiger partial charge in [0, 0.05) is 36.5 Å². The van der Waals surface area contributed by atoms with Gasteiger partial charge in [0.25, 0.3) is 0 Å². The second-order valence-corrected chi connectivity index (χ2v) is 9.69. The molecule has 0 aliphatic carbocycles. The third-order valence-corrected chi connectivity index (χ3v) is 6.64. The molecular weight excluding hydrogens is 397 g/mol. The fourth-order valence-corrected chi connectivity index (χ4v) is 4.66. The second-order valence-electron chi connectivity index (χ2n) is 8.16. The maximum Gasteiger partial charge on any atom is 0.188 e. The zero-order valence-electron chi connectivity index (χ0n) is 19.3. The van der Waals surface area contributed by atoms with E-state index in [9.17, 15) is 0 Å². The fraction of sp³-hybridized carbons (Fsp3) is 0.500. The van der Waals surface area contributed by atoms with E-state index in [1.807, 2.05) is 6.07 Å². The minimum atomic E-state index is 0.0711. The van der Waals surface area contributed by atoms with Gasteiger partial charge in [0.05, 0.1) is 14.2 Å². The highest BCUT2D eigenvalue weighted by Gasteiger charge is 2.22. The molecule has 6 heteroatoms. The molecule has 166 valence electrons. The molecule has 0 saturated heterocycles. The molecule has 0 aliphatic heterocycles. The molecule has 2 unspecified atom stereocenters. The van der Waals surface area contributed by atoms with Crippen LogP contribution in [-0.2, 0) is 11.3 Å². The largest absolute Gasteiger partial charge is 0.497 e. The van der Waals surface area contributed by atoms with Gasteiger partial charge in [-0.15, -0.1) is 0 Å². The van der Waals surface area contributed by atoms with Crippen LogP contribution >= 0.6 is 8.58 Å². The van der Waals surface area contributed by atoms with E-state index in [0.717, 1.165) is 30.0 Å². The van der Waals surface area contributed by atoms with E-state index in [1.54, 1.807) is 21.3 Å². The number of hydrogen-bond acceptors (Lipinski definition) is 5. The molecule has 0 amide bonds. The summed E-state index contributed by atoms with van der Waals surface area (Å²) in [5.41, 5.74) is 2.76. The van der Waals surface area contributed by atoms with Crippen LogP contribution in [0.4, 0.5) is 0 Å². The zero-order valence-corrected chi connectivity index (χ0v) is 20.3. The highest BCUT2D eigenvalue weighted by Crippen LogP contribution is 2.47. The van der Waals surface area contributed by atoms with Crippen LogP contribution in [0.25, 0.3) is 0 Å². The Balaban J connectivity index is 2.40. The lowest BCUT2D eigenvalue weighted by atomic mass is 10.1.